The van der Waals surface area contributed by atoms with E-state index in [2.05, 4.69) is 10.6 Å². The van der Waals surface area contributed by atoms with E-state index in [-0.39, 0.29) is 17.9 Å². The van der Waals surface area contributed by atoms with Crippen LogP contribution in [-0.4, -0.2) is 5.91 Å². The summed E-state index contributed by atoms with van der Waals surface area (Å²) in [5, 5.41) is 6.26. The molecule has 0 spiro atoms. The summed E-state index contributed by atoms with van der Waals surface area (Å²) in [6.07, 6.45) is -0.288. The Labute approximate surface area is 150 Å². The molecule has 1 aliphatic rings. The lowest BCUT2D eigenvalue weighted by atomic mass is 10.1. The molecule has 1 amide bonds. The van der Waals surface area contributed by atoms with E-state index in [0.717, 1.165) is 16.8 Å². The standard InChI is InChI=1S/C21H17FN2O2/c22-16-9-5-14(6-10-16)13-26-17-11-7-15(8-12-17)20-23-19-4-2-1-3-18(19)21(25)24-20/h1-12,20,23H,13H2,(H,24,25). The summed E-state index contributed by atoms with van der Waals surface area (Å²) in [5.74, 6) is 0.350. The van der Waals surface area contributed by atoms with E-state index >= 15 is 0 Å². The number of ether oxygens (including phenoxy) is 1. The highest BCUT2D eigenvalue weighted by molar-refractivity contribution is 6.01. The third-order valence-electron chi connectivity index (χ3n) is 4.28. The summed E-state index contributed by atoms with van der Waals surface area (Å²) in [7, 11) is 0. The van der Waals surface area contributed by atoms with Gasteiger partial charge in [-0.2, -0.15) is 0 Å². The normalized spacial score (nSPS) is 15.6. The second kappa shape index (κ2) is 6.88. The first-order valence-electron chi connectivity index (χ1n) is 8.33. The van der Waals surface area contributed by atoms with Crippen LogP contribution in [0.3, 0.4) is 0 Å². The zero-order valence-corrected chi connectivity index (χ0v) is 13.9. The van der Waals surface area contributed by atoms with Crippen LogP contribution >= 0.6 is 0 Å². The third kappa shape index (κ3) is 3.37. The number of fused-ring (bicyclic) bond motifs is 1. The SMILES string of the molecule is O=C1NC(c2ccc(OCc3ccc(F)cc3)cc2)Nc2ccccc21. The Morgan fingerprint density at radius 3 is 2.38 bits per heavy atom. The summed E-state index contributed by atoms with van der Waals surface area (Å²) in [6.45, 7) is 0.366. The predicted octanol–water partition coefficient (Wildman–Crippen LogP) is 4.26. The highest BCUT2D eigenvalue weighted by atomic mass is 19.1. The molecule has 1 aliphatic heterocycles. The van der Waals surface area contributed by atoms with Crippen molar-refractivity contribution in [1.29, 1.82) is 0 Å². The zero-order chi connectivity index (χ0) is 17.9. The Morgan fingerprint density at radius 1 is 0.885 bits per heavy atom. The van der Waals surface area contributed by atoms with Gasteiger partial charge < -0.3 is 15.4 Å². The van der Waals surface area contributed by atoms with E-state index in [1.807, 2.05) is 42.5 Å². The second-order valence-electron chi connectivity index (χ2n) is 6.08. The van der Waals surface area contributed by atoms with Crippen LogP contribution in [0.1, 0.15) is 27.7 Å². The van der Waals surface area contributed by atoms with Crippen molar-refractivity contribution in [2.24, 2.45) is 0 Å². The van der Waals surface area contributed by atoms with Crippen LogP contribution in [0.2, 0.25) is 0 Å². The lowest BCUT2D eigenvalue weighted by Gasteiger charge is -2.28. The number of carbonyl (C=O) groups is 1. The lowest BCUT2D eigenvalue weighted by molar-refractivity contribution is 0.0935. The van der Waals surface area contributed by atoms with Crippen molar-refractivity contribution in [3.63, 3.8) is 0 Å². The van der Waals surface area contributed by atoms with Crippen molar-refractivity contribution < 1.29 is 13.9 Å². The Hall–Kier alpha value is -3.34. The Bertz CT molecular complexity index is 924. The molecule has 3 aromatic rings. The van der Waals surface area contributed by atoms with Crippen LogP contribution in [0.15, 0.2) is 72.8 Å². The minimum Gasteiger partial charge on any atom is -0.489 e. The predicted molar refractivity (Wildman–Crippen MR) is 97.4 cm³/mol. The molecule has 5 heteroatoms. The molecular formula is C21H17FN2O2. The average molecular weight is 348 g/mol. The number of hydrogen-bond donors (Lipinski definition) is 2. The van der Waals surface area contributed by atoms with Crippen LogP contribution < -0.4 is 15.4 Å². The van der Waals surface area contributed by atoms with Gasteiger partial charge in [0.2, 0.25) is 0 Å². The number of anilines is 1. The number of amides is 1. The fourth-order valence-corrected chi connectivity index (χ4v) is 2.88. The first-order valence-corrected chi connectivity index (χ1v) is 8.33. The molecule has 4 nitrogen and oxygen atoms in total. The molecule has 1 heterocycles. The van der Waals surface area contributed by atoms with Crippen LogP contribution in [0.25, 0.3) is 0 Å². The Balaban J connectivity index is 1.43. The minimum atomic E-state index is -0.288. The Kier molecular flexibility index (Phi) is 4.27. The quantitative estimate of drug-likeness (QED) is 0.741. The molecule has 3 aromatic carbocycles. The summed E-state index contributed by atoms with van der Waals surface area (Å²) in [5.41, 5.74) is 3.29. The van der Waals surface area contributed by atoms with E-state index in [1.54, 1.807) is 18.2 Å². The van der Waals surface area contributed by atoms with E-state index in [0.29, 0.717) is 17.9 Å². The number of carbonyl (C=O) groups excluding carboxylic acids is 1. The number of halogens is 1. The fourth-order valence-electron chi connectivity index (χ4n) is 2.88. The van der Waals surface area contributed by atoms with Crippen molar-refractivity contribution in [3.05, 3.63) is 95.3 Å². The molecule has 1 unspecified atom stereocenters. The van der Waals surface area contributed by atoms with Gasteiger partial charge in [0.05, 0.1) is 5.56 Å². The fraction of sp³-hybridized carbons (Fsp3) is 0.0952. The van der Waals surface area contributed by atoms with E-state index in [9.17, 15) is 9.18 Å². The molecular weight excluding hydrogens is 331 g/mol. The van der Waals surface area contributed by atoms with Gasteiger partial charge in [-0.25, -0.2) is 4.39 Å². The molecule has 0 saturated heterocycles. The zero-order valence-electron chi connectivity index (χ0n) is 13.9. The van der Waals surface area contributed by atoms with Crippen LogP contribution in [-0.2, 0) is 6.61 Å². The molecule has 130 valence electrons. The highest BCUT2D eigenvalue weighted by Crippen LogP contribution is 2.27. The molecule has 0 saturated carbocycles. The smallest absolute Gasteiger partial charge is 0.255 e. The first-order chi connectivity index (χ1) is 12.7. The summed E-state index contributed by atoms with van der Waals surface area (Å²) in [4.78, 5) is 12.2. The van der Waals surface area contributed by atoms with Crippen molar-refractivity contribution in [2.45, 2.75) is 12.8 Å². The summed E-state index contributed by atoms with van der Waals surface area (Å²) >= 11 is 0. The molecule has 0 fully saturated rings. The largest absolute Gasteiger partial charge is 0.489 e. The van der Waals surface area contributed by atoms with Gasteiger partial charge in [-0.15, -0.1) is 0 Å². The molecule has 26 heavy (non-hydrogen) atoms. The van der Waals surface area contributed by atoms with Crippen molar-refractivity contribution >= 4 is 11.6 Å². The maximum atomic E-state index is 12.9. The van der Waals surface area contributed by atoms with Crippen molar-refractivity contribution in [3.8, 4) is 5.75 Å². The van der Waals surface area contributed by atoms with E-state index < -0.39 is 0 Å². The van der Waals surface area contributed by atoms with Crippen LogP contribution in [0, 0.1) is 5.82 Å². The number of nitrogens with one attached hydrogen (secondary N) is 2. The van der Waals surface area contributed by atoms with Gasteiger partial charge in [0.1, 0.15) is 24.3 Å². The lowest BCUT2D eigenvalue weighted by Crippen LogP contribution is -2.38. The number of hydrogen-bond acceptors (Lipinski definition) is 3. The summed E-state index contributed by atoms with van der Waals surface area (Å²) < 4.78 is 18.6. The molecule has 0 radical (unpaired) electrons. The Morgan fingerprint density at radius 2 is 1.62 bits per heavy atom. The van der Waals surface area contributed by atoms with Gasteiger partial charge in [-0.05, 0) is 47.5 Å². The minimum absolute atomic E-state index is 0.0963. The molecule has 4 rings (SSSR count). The molecule has 1 atom stereocenters. The van der Waals surface area contributed by atoms with Crippen LogP contribution in [0.5, 0.6) is 5.75 Å². The van der Waals surface area contributed by atoms with Gasteiger partial charge in [-0.1, -0.05) is 36.4 Å². The van der Waals surface area contributed by atoms with Gasteiger partial charge >= 0.3 is 0 Å². The maximum Gasteiger partial charge on any atom is 0.255 e. The third-order valence-corrected chi connectivity index (χ3v) is 4.28. The highest BCUT2D eigenvalue weighted by Gasteiger charge is 2.23. The number of para-hydroxylation sites is 1. The monoisotopic (exact) mass is 348 g/mol. The van der Waals surface area contributed by atoms with Gasteiger partial charge in [-0.3, -0.25) is 4.79 Å². The molecule has 0 bridgehead atoms. The van der Waals surface area contributed by atoms with Crippen LogP contribution in [0.4, 0.5) is 10.1 Å². The average Bonchev–Trinajstić information content (AvgIpc) is 2.68. The molecule has 0 aromatic heterocycles. The summed E-state index contributed by atoms with van der Waals surface area (Å²) in [6, 6.07) is 21.2. The van der Waals surface area contributed by atoms with Gasteiger partial charge in [0.25, 0.3) is 5.91 Å². The second-order valence-corrected chi connectivity index (χ2v) is 6.08. The van der Waals surface area contributed by atoms with E-state index in [1.165, 1.54) is 12.1 Å². The van der Waals surface area contributed by atoms with Gasteiger partial charge in [0.15, 0.2) is 0 Å². The number of rotatable bonds is 4. The van der Waals surface area contributed by atoms with Gasteiger partial charge in [0, 0.05) is 5.69 Å². The topological polar surface area (TPSA) is 50.4 Å². The van der Waals surface area contributed by atoms with Crippen molar-refractivity contribution in [1.82, 2.24) is 5.32 Å². The van der Waals surface area contributed by atoms with Crippen molar-refractivity contribution in [2.75, 3.05) is 5.32 Å². The maximum absolute atomic E-state index is 12.9. The van der Waals surface area contributed by atoms with E-state index in [4.69, 9.17) is 4.74 Å². The molecule has 2 N–H and O–H groups in total. The first kappa shape index (κ1) is 16.1. The molecule has 0 aliphatic carbocycles. The number of benzene rings is 3.